The molecule has 0 saturated carbocycles. The normalized spacial score (nSPS) is 16.8. The number of rotatable bonds is 3. The van der Waals surface area contributed by atoms with Crippen LogP contribution in [0.2, 0.25) is 0 Å². The Kier molecular flexibility index (Phi) is 3.47. The van der Waals surface area contributed by atoms with Crippen LogP contribution in [0.5, 0.6) is 5.75 Å². The van der Waals surface area contributed by atoms with Crippen molar-refractivity contribution in [1.29, 1.82) is 0 Å². The Hall–Kier alpha value is -1.48. The summed E-state index contributed by atoms with van der Waals surface area (Å²) in [7, 11) is 0. The predicted molar refractivity (Wildman–Crippen MR) is 81.9 cm³/mol. The minimum Gasteiger partial charge on any atom is -0.488 e. The first-order chi connectivity index (χ1) is 9.22. The molecule has 0 bridgehead atoms. The molecule has 1 aliphatic rings. The van der Waals surface area contributed by atoms with Gasteiger partial charge in [0.15, 0.2) is 0 Å². The summed E-state index contributed by atoms with van der Waals surface area (Å²) in [6.45, 7) is 2.92. The van der Waals surface area contributed by atoms with E-state index in [0.29, 0.717) is 0 Å². The zero-order valence-electron chi connectivity index (χ0n) is 10.8. The fraction of sp³-hybridized carbons (Fsp3) is 0.250. The highest BCUT2D eigenvalue weighted by Gasteiger charge is 2.21. The molecular formula is C16H16BrNO. The van der Waals surface area contributed by atoms with Gasteiger partial charge in [-0.15, -0.1) is 0 Å². The molecule has 1 atom stereocenters. The minimum absolute atomic E-state index is 0.223. The van der Waals surface area contributed by atoms with E-state index in [0.717, 1.165) is 28.9 Å². The van der Waals surface area contributed by atoms with Crippen molar-refractivity contribution in [3.05, 3.63) is 58.1 Å². The van der Waals surface area contributed by atoms with Gasteiger partial charge in [-0.1, -0.05) is 34.1 Å². The topological polar surface area (TPSA) is 21.3 Å². The molecule has 1 heterocycles. The summed E-state index contributed by atoms with van der Waals surface area (Å²) in [6, 6.07) is 14.6. The molecule has 3 heteroatoms. The number of anilines is 1. The Labute approximate surface area is 121 Å². The Morgan fingerprint density at radius 1 is 1.26 bits per heavy atom. The number of hydrogen-bond acceptors (Lipinski definition) is 2. The summed E-state index contributed by atoms with van der Waals surface area (Å²) in [5.74, 6) is 1.03. The zero-order chi connectivity index (χ0) is 13.2. The number of hydrogen-bond donors (Lipinski definition) is 1. The van der Waals surface area contributed by atoms with Crippen molar-refractivity contribution in [3.63, 3.8) is 0 Å². The lowest BCUT2D eigenvalue weighted by molar-refractivity contribution is 0.246. The van der Waals surface area contributed by atoms with Crippen LogP contribution in [0.3, 0.4) is 0 Å². The van der Waals surface area contributed by atoms with Crippen LogP contribution in [-0.4, -0.2) is 12.6 Å². The van der Waals surface area contributed by atoms with Gasteiger partial charge >= 0.3 is 0 Å². The monoisotopic (exact) mass is 317 g/mol. The molecule has 0 spiro atoms. The fourth-order valence-corrected chi connectivity index (χ4v) is 2.60. The largest absolute Gasteiger partial charge is 0.488 e. The van der Waals surface area contributed by atoms with Crippen molar-refractivity contribution in [2.24, 2.45) is 0 Å². The number of fused-ring (bicyclic) bond motifs is 1. The number of ether oxygens (including phenoxy) is 1. The lowest BCUT2D eigenvalue weighted by Gasteiger charge is -2.13. The molecule has 1 aliphatic heterocycles. The molecule has 1 unspecified atom stereocenters. The standard InChI is InChI=1S/C16H16BrNO/c1-11-8-13(6-7-15(11)17)18-10-14-9-12-4-2-3-5-16(12)19-14/h2-8,14,18H,9-10H2,1H3. The molecule has 2 aromatic rings. The third-order valence-corrected chi connectivity index (χ3v) is 4.30. The van der Waals surface area contributed by atoms with Crippen LogP contribution < -0.4 is 10.1 Å². The van der Waals surface area contributed by atoms with E-state index >= 15 is 0 Å². The highest BCUT2D eigenvalue weighted by Crippen LogP contribution is 2.28. The predicted octanol–water partition coefficient (Wildman–Crippen LogP) is 4.17. The van der Waals surface area contributed by atoms with E-state index in [4.69, 9.17) is 4.74 Å². The second-order valence-electron chi connectivity index (χ2n) is 4.90. The Morgan fingerprint density at radius 2 is 2.11 bits per heavy atom. The molecule has 1 N–H and O–H groups in total. The summed E-state index contributed by atoms with van der Waals surface area (Å²) in [5.41, 5.74) is 3.68. The average Bonchev–Trinajstić information content (AvgIpc) is 2.83. The number of nitrogens with one attached hydrogen (secondary N) is 1. The third kappa shape index (κ3) is 2.76. The van der Waals surface area contributed by atoms with Crippen LogP contribution in [0, 0.1) is 6.92 Å². The van der Waals surface area contributed by atoms with Gasteiger partial charge in [-0.2, -0.15) is 0 Å². The fourth-order valence-electron chi connectivity index (χ4n) is 2.35. The van der Waals surface area contributed by atoms with Gasteiger partial charge in [0, 0.05) is 16.6 Å². The molecule has 0 aliphatic carbocycles. The van der Waals surface area contributed by atoms with Gasteiger partial charge in [0.1, 0.15) is 11.9 Å². The van der Waals surface area contributed by atoms with E-state index in [1.54, 1.807) is 0 Å². The van der Waals surface area contributed by atoms with Crippen LogP contribution in [0.4, 0.5) is 5.69 Å². The van der Waals surface area contributed by atoms with E-state index in [9.17, 15) is 0 Å². The van der Waals surface area contributed by atoms with E-state index in [-0.39, 0.29) is 6.10 Å². The molecule has 0 aromatic heterocycles. The average molecular weight is 318 g/mol. The molecule has 98 valence electrons. The Morgan fingerprint density at radius 3 is 2.89 bits per heavy atom. The van der Waals surface area contributed by atoms with Crippen molar-refractivity contribution in [2.75, 3.05) is 11.9 Å². The number of aryl methyl sites for hydroxylation is 1. The van der Waals surface area contributed by atoms with Crippen LogP contribution >= 0.6 is 15.9 Å². The van der Waals surface area contributed by atoms with Gasteiger partial charge in [0.2, 0.25) is 0 Å². The lowest BCUT2D eigenvalue weighted by atomic mass is 10.1. The van der Waals surface area contributed by atoms with Crippen molar-refractivity contribution >= 4 is 21.6 Å². The summed E-state index contributed by atoms with van der Waals surface area (Å²) in [4.78, 5) is 0. The van der Waals surface area contributed by atoms with Crippen molar-refractivity contribution < 1.29 is 4.74 Å². The molecule has 0 amide bonds. The van der Waals surface area contributed by atoms with E-state index in [1.165, 1.54) is 11.1 Å². The maximum absolute atomic E-state index is 5.91. The zero-order valence-corrected chi connectivity index (χ0v) is 12.4. The second kappa shape index (κ2) is 5.25. The smallest absolute Gasteiger partial charge is 0.123 e. The molecule has 0 radical (unpaired) electrons. The molecule has 0 fully saturated rings. The number of para-hydroxylation sites is 1. The van der Waals surface area contributed by atoms with E-state index < -0.39 is 0 Å². The SMILES string of the molecule is Cc1cc(NCC2Cc3ccccc3O2)ccc1Br. The van der Waals surface area contributed by atoms with Gasteiger partial charge in [-0.25, -0.2) is 0 Å². The Bertz CT molecular complexity index is 572. The first-order valence-corrected chi connectivity index (χ1v) is 7.26. The van der Waals surface area contributed by atoms with E-state index in [1.807, 2.05) is 12.1 Å². The third-order valence-electron chi connectivity index (χ3n) is 3.41. The van der Waals surface area contributed by atoms with Crippen molar-refractivity contribution in [1.82, 2.24) is 0 Å². The minimum atomic E-state index is 0.223. The highest BCUT2D eigenvalue weighted by molar-refractivity contribution is 9.10. The summed E-state index contributed by atoms with van der Waals surface area (Å²) < 4.78 is 7.05. The molecule has 2 aromatic carbocycles. The van der Waals surface area contributed by atoms with Crippen LogP contribution in [-0.2, 0) is 6.42 Å². The first kappa shape index (κ1) is 12.5. The van der Waals surface area contributed by atoms with Crippen LogP contribution in [0.25, 0.3) is 0 Å². The van der Waals surface area contributed by atoms with Crippen molar-refractivity contribution in [3.8, 4) is 5.75 Å². The molecule has 19 heavy (non-hydrogen) atoms. The second-order valence-corrected chi connectivity index (χ2v) is 5.75. The van der Waals surface area contributed by atoms with Crippen molar-refractivity contribution in [2.45, 2.75) is 19.4 Å². The maximum atomic E-state index is 5.91. The molecule has 3 rings (SSSR count). The summed E-state index contributed by atoms with van der Waals surface area (Å²) in [6.07, 6.45) is 1.21. The maximum Gasteiger partial charge on any atom is 0.123 e. The van der Waals surface area contributed by atoms with Gasteiger partial charge < -0.3 is 10.1 Å². The summed E-state index contributed by atoms with van der Waals surface area (Å²) >= 11 is 3.51. The van der Waals surface area contributed by atoms with E-state index in [2.05, 4.69) is 58.5 Å². The molecule has 0 saturated heterocycles. The van der Waals surface area contributed by atoms with Gasteiger partial charge in [-0.05, 0) is 42.3 Å². The highest BCUT2D eigenvalue weighted by atomic mass is 79.9. The summed E-state index contributed by atoms with van der Waals surface area (Å²) in [5, 5.41) is 3.44. The van der Waals surface area contributed by atoms with Gasteiger partial charge in [0.05, 0.1) is 6.54 Å². The first-order valence-electron chi connectivity index (χ1n) is 6.47. The molecular weight excluding hydrogens is 302 g/mol. The van der Waals surface area contributed by atoms with Crippen LogP contribution in [0.15, 0.2) is 46.9 Å². The number of halogens is 1. The Balaban J connectivity index is 1.61. The lowest BCUT2D eigenvalue weighted by Crippen LogP contribution is -2.23. The van der Waals surface area contributed by atoms with Crippen LogP contribution in [0.1, 0.15) is 11.1 Å². The quantitative estimate of drug-likeness (QED) is 0.917. The van der Waals surface area contributed by atoms with Gasteiger partial charge in [-0.3, -0.25) is 0 Å². The van der Waals surface area contributed by atoms with Gasteiger partial charge in [0.25, 0.3) is 0 Å². The molecule has 2 nitrogen and oxygen atoms in total. The number of benzene rings is 2.